The van der Waals surface area contributed by atoms with Crippen molar-refractivity contribution in [2.45, 2.75) is 46.7 Å². The van der Waals surface area contributed by atoms with Crippen LogP contribution in [0.1, 0.15) is 43.6 Å². The summed E-state index contributed by atoms with van der Waals surface area (Å²) < 4.78 is 37.9. The maximum absolute atomic E-state index is 12.6. The van der Waals surface area contributed by atoms with Gasteiger partial charge in [-0.25, -0.2) is 4.98 Å². The van der Waals surface area contributed by atoms with Gasteiger partial charge in [0.25, 0.3) is 0 Å². The van der Waals surface area contributed by atoms with E-state index in [1.807, 2.05) is 13.8 Å². The summed E-state index contributed by atoms with van der Waals surface area (Å²) in [4.78, 5) is 7.94. The number of pyridine rings is 1. The highest BCUT2D eigenvalue weighted by Gasteiger charge is 2.34. The molecule has 0 aliphatic carbocycles. The highest BCUT2D eigenvalue weighted by atomic mass is 19.4. The summed E-state index contributed by atoms with van der Waals surface area (Å²) >= 11 is 0. The number of nitrogens with zero attached hydrogens (tertiary/aromatic N) is 2. The fourth-order valence-electron chi connectivity index (χ4n) is 1.71. The number of aromatic nitrogens is 1. The van der Waals surface area contributed by atoms with E-state index in [0.29, 0.717) is 11.4 Å². The predicted molar refractivity (Wildman–Crippen MR) is 66.4 cm³/mol. The topological polar surface area (TPSA) is 25.2 Å². The van der Waals surface area contributed by atoms with Crippen molar-refractivity contribution in [2.75, 3.05) is 0 Å². The van der Waals surface area contributed by atoms with E-state index >= 15 is 0 Å². The van der Waals surface area contributed by atoms with Crippen LogP contribution in [0.2, 0.25) is 0 Å². The van der Waals surface area contributed by atoms with Gasteiger partial charge in [-0.05, 0) is 38.8 Å². The van der Waals surface area contributed by atoms with Crippen LogP contribution in [-0.2, 0) is 6.18 Å². The summed E-state index contributed by atoms with van der Waals surface area (Å²) in [6.07, 6.45) is -2.61. The molecule has 2 nitrogen and oxygen atoms in total. The van der Waals surface area contributed by atoms with E-state index < -0.39 is 11.9 Å². The van der Waals surface area contributed by atoms with E-state index in [0.717, 1.165) is 18.6 Å². The van der Waals surface area contributed by atoms with E-state index in [1.165, 1.54) is 13.0 Å². The summed E-state index contributed by atoms with van der Waals surface area (Å²) in [7, 11) is 0. The lowest BCUT2D eigenvalue weighted by Crippen LogP contribution is -2.11. The number of rotatable bonds is 3. The van der Waals surface area contributed by atoms with Crippen LogP contribution in [-0.4, -0.2) is 10.7 Å². The molecule has 0 atom stereocenters. The largest absolute Gasteiger partial charge is 0.433 e. The first-order valence-electron chi connectivity index (χ1n) is 5.85. The second-order valence-corrected chi connectivity index (χ2v) is 4.35. The Labute approximate surface area is 105 Å². The molecule has 0 amide bonds. The highest BCUT2D eigenvalue weighted by Crippen LogP contribution is 2.33. The van der Waals surface area contributed by atoms with Crippen molar-refractivity contribution in [1.29, 1.82) is 0 Å². The molecule has 1 rings (SSSR count). The van der Waals surface area contributed by atoms with Crippen LogP contribution in [0, 0.1) is 13.8 Å². The monoisotopic (exact) mass is 258 g/mol. The number of hydrogen-bond donors (Lipinski definition) is 0. The summed E-state index contributed by atoms with van der Waals surface area (Å²) in [5.41, 5.74) is 1.01. The molecule has 1 aromatic rings. The van der Waals surface area contributed by atoms with Gasteiger partial charge in [-0.15, -0.1) is 0 Å². The Morgan fingerprint density at radius 2 is 1.94 bits per heavy atom. The Balaban J connectivity index is 3.20. The standard InChI is InChI=1S/C13H17F3N2/c1-5-6-9(3)17-11-7-8(2)12(13(14,15)16)18-10(11)4/h7H,5-6H2,1-4H3. The normalized spacial score (nSPS) is 12.9. The Bertz CT molecular complexity index is 462. The van der Waals surface area contributed by atoms with Gasteiger partial charge in [0.2, 0.25) is 0 Å². The molecule has 100 valence electrons. The van der Waals surface area contributed by atoms with Gasteiger partial charge in [-0.1, -0.05) is 13.3 Å². The minimum absolute atomic E-state index is 0.108. The third-order valence-electron chi connectivity index (χ3n) is 2.57. The van der Waals surface area contributed by atoms with Crippen molar-refractivity contribution in [1.82, 2.24) is 4.98 Å². The van der Waals surface area contributed by atoms with E-state index in [2.05, 4.69) is 9.98 Å². The zero-order valence-corrected chi connectivity index (χ0v) is 11.0. The summed E-state index contributed by atoms with van der Waals surface area (Å²) in [5, 5.41) is 0. The number of aryl methyl sites for hydroxylation is 2. The van der Waals surface area contributed by atoms with Gasteiger partial charge in [0.1, 0.15) is 5.69 Å². The second kappa shape index (κ2) is 5.50. The fraction of sp³-hybridized carbons (Fsp3) is 0.538. The third kappa shape index (κ3) is 3.55. The lowest BCUT2D eigenvalue weighted by Gasteiger charge is -2.11. The van der Waals surface area contributed by atoms with Crippen LogP contribution in [0.3, 0.4) is 0 Å². The van der Waals surface area contributed by atoms with Gasteiger partial charge in [0.05, 0.1) is 11.4 Å². The van der Waals surface area contributed by atoms with Gasteiger partial charge < -0.3 is 0 Å². The zero-order valence-electron chi connectivity index (χ0n) is 11.0. The fourth-order valence-corrected chi connectivity index (χ4v) is 1.71. The van der Waals surface area contributed by atoms with E-state index in [1.54, 1.807) is 6.92 Å². The molecule has 0 saturated carbocycles. The highest BCUT2D eigenvalue weighted by molar-refractivity contribution is 5.84. The van der Waals surface area contributed by atoms with Gasteiger partial charge in [-0.2, -0.15) is 13.2 Å². The molecule has 0 bridgehead atoms. The molecular formula is C13H17F3N2. The molecule has 0 unspecified atom stereocenters. The van der Waals surface area contributed by atoms with Crippen LogP contribution < -0.4 is 0 Å². The van der Waals surface area contributed by atoms with Crippen LogP contribution in [0.25, 0.3) is 0 Å². The Morgan fingerprint density at radius 3 is 2.44 bits per heavy atom. The van der Waals surface area contributed by atoms with Gasteiger partial charge in [0, 0.05) is 5.71 Å². The number of alkyl halides is 3. The van der Waals surface area contributed by atoms with Crippen molar-refractivity contribution in [3.8, 4) is 0 Å². The molecule has 18 heavy (non-hydrogen) atoms. The molecule has 1 heterocycles. The summed E-state index contributed by atoms with van der Waals surface area (Å²) in [6.45, 7) is 6.86. The predicted octanol–water partition coefficient (Wildman–Crippen LogP) is 4.61. The van der Waals surface area contributed by atoms with Gasteiger partial charge >= 0.3 is 6.18 Å². The second-order valence-electron chi connectivity index (χ2n) is 4.35. The summed E-state index contributed by atoms with van der Waals surface area (Å²) in [5.74, 6) is 0. The molecule has 5 heteroatoms. The van der Waals surface area contributed by atoms with Crippen molar-refractivity contribution < 1.29 is 13.2 Å². The Kier molecular flexibility index (Phi) is 4.48. The maximum atomic E-state index is 12.6. The Hall–Kier alpha value is -1.39. The van der Waals surface area contributed by atoms with E-state index in [-0.39, 0.29) is 5.56 Å². The molecule has 0 saturated heterocycles. The van der Waals surface area contributed by atoms with Crippen molar-refractivity contribution >= 4 is 11.4 Å². The SMILES string of the molecule is CCCC(C)=Nc1cc(C)c(C(F)(F)F)nc1C. The van der Waals surface area contributed by atoms with Gasteiger partial charge in [-0.3, -0.25) is 4.99 Å². The molecule has 0 aromatic carbocycles. The quantitative estimate of drug-likeness (QED) is 0.727. The van der Waals surface area contributed by atoms with Crippen LogP contribution in [0.5, 0.6) is 0 Å². The maximum Gasteiger partial charge on any atom is 0.433 e. The molecule has 0 spiro atoms. The molecule has 0 N–H and O–H groups in total. The number of halogens is 3. The molecule has 0 radical (unpaired) electrons. The molecular weight excluding hydrogens is 241 g/mol. The number of hydrogen-bond acceptors (Lipinski definition) is 2. The Morgan fingerprint density at radius 1 is 1.33 bits per heavy atom. The lowest BCUT2D eigenvalue weighted by atomic mass is 10.1. The van der Waals surface area contributed by atoms with Crippen LogP contribution >= 0.6 is 0 Å². The first kappa shape index (κ1) is 14.7. The molecule has 0 fully saturated rings. The zero-order chi connectivity index (χ0) is 13.9. The minimum atomic E-state index is -4.41. The molecule has 0 aliphatic heterocycles. The summed E-state index contributed by atoms with van der Waals surface area (Å²) in [6, 6.07) is 1.45. The smallest absolute Gasteiger partial charge is 0.256 e. The minimum Gasteiger partial charge on any atom is -0.256 e. The third-order valence-corrected chi connectivity index (χ3v) is 2.57. The first-order valence-corrected chi connectivity index (χ1v) is 5.85. The lowest BCUT2D eigenvalue weighted by molar-refractivity contribution is -0.141. The first-order chi connectivity index (χ1) is 8.25. The van der Waals surface area contributed by atoms with Crippen LogP contribution in [0.15, 0.2) is 11.1 Å². The molecule has 1 aromatic heterocycles. The molecule has 0 aliphatic rings. The van der Waals surface area contributed by atoms with Gasteiger partial charge in [0.15, 0.2) is 0 Å². The average molecular weight is 258 g/mol. The average Bonchev–Trinajstić information content (AvgIpc) is 2.21. The van der Waals surface area contributed by atoms with Crippen molar-refractivity contribution in [2.24, 2.45) is 4.99 Å². The van der Waals surface area contributed by atoms with Crippen LogP contribution in [0.4, 0.5) is 18.9 Å². The van der Waals surface area contributed by atoms with Crippen molar-refractivity contribution in [3.63, 3.8) is 0 Å². The van der Waals surface area contributed by atoms with E-state index in [9.17, 15) is 13.2 Å². The van der Waals surface area contributed by atoms with E-state index in [4.69, 9.17) is 0 Å². The van der Waals surface area contributed by atoms with Crippen molar-refractivity contribution in [3.05, 3.63) is 23.0 Å². The number of aliphatic imine (C=N–C) groups is 1.